The average Bonchev–Trinajstić information content (AvgIpc) is 2.79. The molecule has 2 aromatic carbocycles. The van der Waals surface area contributed by atoms with Crippen molar-refractivity contribution in [3.8, 4) is 0 Å². The lowest BCUT2D eigenvalue weighted by Crippen LogP contribution is -2.39. The smallest absolute Gasteiger partial charge is 0.305 e. The monoisotopic (exact) mass is 343 g/mol. The molecule has 124 valence electrons. The van der Waals surface area contributed by atoms with Gasteiger partial charge in [0, 0.05) is 10.7 Å². The predicted octanol–water partition coefficient (Wildman–Crippen LogP) is 4.18. The van der Waals surface area contributed by atoms with Gasteiger partial charge in [-0.2, -0.15) is 0 Å². The van der Waals surface area contributed by atoms with Crippen molar-refractivity contribution >= 4 is 29.2 Å². The lowest BCUT2D eigenvalue weighted by atomic mass is 9.70. The van der Waals surface area contributed by atoms with Crippen LogP contribution in [0.25, 0.3) is 0 Å². The first-order valence-electron chi connectivity index (χ1n) is 7.79. The maximum Gasteiger partial charge on any atom is 0.305 e. The van der Waals surface area contributed by atoms with Crippen LogP contribution in [0.3, 0.4) is 0 Å². The van der Waals surface area contributed by atoms with E-state index in [9.17, 15) is 14.7 Å². The van der Waals surface area contributed by atoms with Crippen molar-refractivity contribution in [1.82, 2.24) is 0 Å². The topological polar surface area (TPSA) is 66.4 Å². The van der Waals surface area contributed by atoms with Gasteiger partial charge >= 0.3 is 5.97 Å². The van der Waals surface area contributed by atoms with E-state index in [1.807, 2.05) is 38.1 Å². The Bertz CT molecular complexity index is 831. The molecule has 1 aliphatic rings. The summed E-state index contributed by atoms with van der Waals surface area (Å²) in [7, 11) is 0. The molecule has 1 heterocycles. The number of hydrogen-bond acceptors (Lipinski definition) is 2. The predicted molar refractivity (Wildman–Crippen MR) is 93.6 cm³/mol. The maximum atomic E-state index is 13.0. The van der Waals surface area contributed by atoms with Gasteiger partial charge in [-0.25, -0.2) is 0 Å². The van der Waals surface area contributed by atoms with Gasteiger partial charge in [-0.1, -0.05) is 49.7 Å². The highest BCUT2D eigenvalue weighted by atomic mass is 35.5. The average molecular weight is 344 g/mol. The molecule has 1 amide bonds. The molecule has 0 aliphatic carbocycles. The second-order valence-electron chi connectivity index (χ2n) is 6.36. The SMILES string of the molecule is CC(C)c1ccccc1C1(CC(=O)O)C(=O)Nc2ccc(Cl)cc21. The number of carbonyl (C=O) groups is 2. The molecule has 1 unspecified atom stereocenters. The summed E-state index contributed by atoms with van der Waals surface area (Å²) in [6.45, 7) is 4.05. The zero-order valence-electron chi connectivity index (χ0n) is 13.5. The van der Waals surface area contributed by atoms with E-state index in [-0.39, 0.29) is 18.2 Å². The van der Waals surface area contributed by atoms with Crippen LogP contribution < -0.4 is 5.32 Å². The number of hydrogen-bond donors (Lipinski definition) is 2. The normalized spacial score (nSPS) is 19.2. The molecular weight excluding hydrogens is 326 g/mol. The van der Waals surface area contributed by atoms with Crippen LogP contribution in [0.5, 0.6) is 0 Å². The number of carboxylic acids is 1. The Hall–Kier alpha value is -2.33. The Kier molecular flexibility index (Phi) is 4.10. The van der Waals surface area contributed by atoms with Crippen molar-refractivity contribution < 1.29 is 14.7 Å². The maximum absolute atomic E-state index is 13.0. The summed E-state index contributed by atoms with van der Waals surface area (Å²) in [6, 6.07) is 12.6. The highest BCUT2D eigenvalue weighted by Crippen LogP contribution is 2.48. The quantitative estimate of drug-likeness (QED) is 0.875. The first-order valence-corrected chi connectivity index (χ1v) is 8.16. The molecule has 0 aromatic heterocycles. The Labute approximate surface area is 145 Å². The largest absolute Gasteiger partial charge is 0.481 e. The highest BCUT2D eigenvalue weighted by Gasteiger charge is 2.50. The number of halogens is 1. The van der Waals surface area contributed by atoms with Crippen molar-refractivity contribution in [2.45, 2.75) is 31.6 Å². The lowest BCUT2D eigenvalue weighted by Gasteiger charge is -2.30. The van der Waals surface area contributed by atoms with Gasteiger partial charge in [-0.15, -0.1) is 0 Å². The number of benzene rings is 2. The van der Waals surface area contributed by atoms with Crippen LogP contribution in [-0.2, 0) is 15.0 Å². The molecule has 5 heteroatoms. The second kappa shape index (κ2) is 5.95. The van der Waals surface area contributed by atoms with Crippen LogP contribution >= 0.6 is 11.6 Å². The number of aliphatic carboxylic acids is 1. The van der Waals surface area contributed by atoms with Gasteiger partial charge in [0.05, 0.1) is 6.42 Å². The standard InChI is InChI=1S/C19H18ClNO3/c1-11(2)13-5-3-4-6-14(13)19(10-17(22)23)15-9-12(20)7-8-16(15)21-18(19)24/h3-9,11H,10H2,1-2H3,(H,21,24)(H,22,23). The number of rotatable bonds is 4. The Balaban J connectivity index is 2.35. The minimum absolute atomic E-state index is 0.155. The van der Waals surface area contributed by atoms with E-state index in [1.165, 1.54) is 0 Å². The van der Waals surface area contributed by atoms with Gasteiger partial charge in [0.1, 0.15) is 5.41 Å². The van der Waals surface area contributed by atoms with E-state index < -0.39 is 11.4 Å². The summed E-state index contributed by atoms with van der Waals surface area (Å²) in [5.41, 5.74) is 1.65. The Morgan fingerprint density at radius 3 is 2.58 bits per heavy atom. The molecule has 0 spiro atoms. The van der Waals surface area contributed by atoms with Crippen LogP contribution in [0.1, 0.15) is 42.9 Å². The molecule has 0 fully saturated rings. The van der Waals surface area contributed by atoms with E-state index in [0.29, 0.717) is 16.3 Å². The fraction of sp³-hybridized carbons (Fsp3) is 0.263. The number of amides is 1. The second-order valence-corrected chi connectivity index (χ2v) is 6.80. The minimum atomic E-state index is -1.27. The zero-order chi connectivity index (χ0) is 17.5. The summed E-state index contributed by atoms with van der Waals surface area (Å²) in [5, 5.41) is 12.8. The molecule has 3 rings (SSSR count). The summed E-state index contributed by atoms with van der Waals surface area (Å²) >= 11 is 6.14. The molecule has 1 atom stereocenters. The van der Waals surface area contributed by atoms with Gasteiger partial charge in [0.15, 0.2) is 0 Å². The van der Waals surface area contributed by atoms with E-state index >= 15 is 0 Å². The van der Waals surface area contributed by atoms with Crippen molar-refractivity contribution in [3.05, 3.63) is 64.2 Å². The van der Waals surface area contributed by atoms with Gasteiger partial charge in [0.25, 0.3) is 0 Å². The van der Waals surface area contributed by atoms with Crippen LogP contribution in [0.15, 0.2) is 42.5 Å². The van der Waals surface area contributed by atoms with Gasteiger partial charge in [0.2, 0.25) is 5.91 Å². The number of nitrogens with one attached hydrogen (secondary N) is 1. The molecule has 0 bridgehead atoms. The van der Waals surface area contributed by atoms with Crippen molar-refractivity contribution in [2.24, 2.45) is 0 Å². The summed E-state index contributed by atoms with van der Waals surface area (Å²) in [4.78, 5) is 24.6. The van der Waals surface area contributed by atoms with Crippen LogP contribution in [0.4, 0.5) is 5.69 Å². The van der Waals surface area contributed by atoms with Gasteiger partial charge in [-0.3, -0.25) is 9.59 Å². The number of fused-ring (bicyclic) bond motifs is 1. The molecule has 4 nitrogen and oxygen atoms in total. The Morgan fingerprint density at radius 1 is 1.21 bits per heavy atom. The third-order valence-corrected chi connectivity index (χ3v) is 4.77. The fourth-order valence-corrected chi connectivity index (χ4v) is 3.66. The van der Waals surface area contributed by atoms with E-state index in [2.05, 4.69) is 5.32 Å². The van der Waals surface area contributed by atoms with E-state index in [4.69, 9.17) is 11.6 Å². The third kappa shape index (κ3) is 2.47. The molecular formula is C19H18ClNO3. The van der Waals surface area contributed by atoms with E-state index in [0.717, 1.165) is 11.1 Å². The van der Waals surface area contributed by atoms with Crippen LogP contribution in [0.2, 0.25) is 5.02 Å². The van der Waals surface area contributed by atoms with Gasteiger partial charge in [-0.05, 0) is 40.8 Å². The van der Waals surface area contributed by atoms with E-state index in [1.54, 1.807) is 18.2 Å². The van der Waals surface area contributed by atoms with Crippen molar-refractivity contribution in [3.63, 3.8) is 0 Å². The highest BCUT2D eigenvalue weighted by molar-refractivity contribution is 6.31. The summed E-state index contributed by atoms with van der Waals surface area (Å²) in [6.07, 6.45) is -0.324. The molecule has 0 saturated heterocycles. The molecule has 1 aliphatic heterocycles. The first kappa shape index (κ1) is 16.5. The molecule has 2 N–H and O–H groups in total. The fourth-order valence-electron chi connectivity index (χ4n) is 3.48. The summed E-state index contributed by atoms with van der Waals surface area (Å²) < 4.78 is 0. The molecule has 0 radical (unpaired) electrons. The van der Waals surface area contributed by atoms with Crippen molar-refractivity contribution in [1.29, 1.82) is 0 Å². The third-order valence-electron chi connectivity index (χ3n) is 4.54. The number of carbonyl (C=O) groups excluding carboxylic acids is 1. The molecule has 2 aromatic rings. The molecule has 0 saturated carbocycles. The number of carboxylic acid groups (broad SMARTS) is 1. The van der Waals surface area contributed by atoms with Gasteiger partial charge < -0.3 is 10.4 Å². The van der Waals surface area contributed by atoms with Crippen LogP contribution in [0, 0.1) is 0 Å². The number of anilines is 1. The zero-order valence-corrected chi connectivity index (χ0v) is 14.2. The lowest BCUT2D eigenvalue weighted by molar-refractivity contribution is -0.140. The Morgan fingerprint density at radius 2 is 1.92 bits per heavy atom. The molecule has 24 heavy (non-hydrogen) atoms. The minimum Gasteiger partial charge on any atom is -0.481 e. The van der Waals surface area contributed by atoms with Crippen molar-refractivity contribution in [2.75, 3.05) is 5.32 Å². The summed E-state index contributed by atoms with van der Waals surface area (Å²) in [5.74, 6) is -1.20. The first-order chi connectivity index (χ1) is 11.4. The van der Waals surface area contributed by atoms with Crippen LogP contribution in [-0.4, -0.2) is 17.0 Å².